The van der Waals surface area contributed by atoms with E-state index in [1.807, 2.05) is 22.7 Å². The van der Waals surface area contributed by atoms with Gasteiger partial charge in [-0.05, 0) is 101 Å². The molecule has 0 bridgehead atoms. The monoisotopic (exact) mass is 808 g/mol. The average Bonchev–Trinajstić information content (AvgIpc) is 3.83. The van der Waals surface area contributed by atoms with E-state index >= 15 is 0 Å². The maximum absolute atomic E-state index is 6.70. The molecule has 10 rings (SSSR count). The Labute approximate surface area is 352 Å². The van der Waals surface area contributed by atoms with Crippen molar-refractivity contribution in [2.75, 3.05) is 33.5 Å². The molecule has 0 amide bonds. The zero-order chi connectivity index (χ0) is 40.1. The van der Waals surface area contributed by atoms with Gasteiger partial charge in [0.15, 0.2) is 0 Å². The molecule has 0 unspecified atom stereocenters. The van der Waals surface area contributed by atoms with Crippen LogP contribution in [0, 0.1) is 0 Å². The summed E-state index contributed by atoms with van der Waals surface area (Å²) in [6.07, 6.45) is 0. The smallest absolute Gasteiger partial charge is 0.128 e. The Balaban J connectivity index is 1.16. The van der Waals surface area contributed by atoms with Gasteiger partial charge in [-0.2, -0.15) is 0 Å². The van der Waals surface area contributed by atoms with E-state index in [-0.39, 0.29) is 5.60 Å². The van der Waals surface area contributed by atoms with Crippen molar-refractivity contribution in [3.8, 4) is 44.9 Å². The van der Waals surface area contributed by atoms with Crippen LogP contribution in [0.15, 0.2) is 146 Å². The van der Waals surface area contributed by atoms with Gasteiger partial charge in [0.2, 0.25) is 0 Å². The molecule has 4 nitrogen and oxygen atoms in total. The molecule has 2 aromatic heterocycles. The molecular formula is C53H44O4S2. The summed E-state index contributed by atoms with van der Waals surface area (Å²) in [7, 11) is 1.70. The lowest BCUT2D eigenvalue weighted by Gasteiger charge is -2.22. The normalized spacial score (nSPS) is 12.1. The van der Waals surface area contributed by atoms with E-state index < -0.39 is 0 Å². The summed E-state index contributed by atoms with van der Waals surface area (Å²) >= 11 is 3.72. The van der Waals surface area contributed by atoms with Gasteiger partial charge in [-0.1, -0.05) is 109 Å². The molecule has 0 saturated heterocycles. The van der Waals surface area contributed by atoms with Crippen molar-refractivity contribution in [2.45, 2.75) is 26.4 Å². The molecule has 8 aromatic carbocycles. The van der Waals surface area contributed by atoms with E-state index in [1.165, 1.54) is 62.6 Å². The number of fused-ring (bicyclic) bond motifs is 8. The highest BCUT2D eigenvalue weighted by Gasteiger charge is 2.22. The molecule has 0 radical (unpaired) electrons. The molecule has 0 fully saturated rings. The summed E-state index contributed by atoms with van der Waals surface area (Å²) in [5.74, 6) is 1.58. The second kappa shape index (κ2) is 15.4. The maximum atomic E-state index is 6.70. The topological polar surface area (TPSA) is 36.9 Å². The Morgan fingerprint density at radius 1 is 0.441 bits per heavy atom. The summed E-state index contributed by atoms with van der Waals surface area (Å²) in [6.45, 7) is 7.99. The van der Waals surface area contributed by atoms with Crippen molar-refractivity contribution in [3.05, 3.63) is 146 Å². The van der Waals surface area contributed by atoms with E-state index in [0.717, 1.165) is 44.2 Å². The summed E-state index contributed by atoms with van der Waals surface area (Å²) in [4.78, 5) is 0. The van der Waals surface area contributed by atoms with Crippen LogP contribution >= 0.6 is 22.7 Å². The summed E-state index contributed by atoms with van der Waals surface area (Å²) < 4.78 is 30.1. The fourth-order valence-corrected chi connectivity index (χ4v) is 10.9. The number of thiophene rings is 2. The van der Waals surface area contributed by atoms with Crippen molar-refractivity contribution >= 4 is 84.6 Å². The molecule has 0 aliphatic heterocycles. The van der Waals surface area contributed by atoms with Crippen LogP contribution in [0.1, 0.15) is 20.8 Å². The number of rotatable bonds is 11. The predicted octanol–water partition coefficient (Wildman–Crippen LogP) is 14.9. The van der Waals surface area contributed by atoms with Gasteiger partial charge >= 0.3 is 0 Å². The average molecular weight is 809 g/mol. The van der Waals surface area contributed by atoms with E-state index in [1.54, 1.807) is 7.11 Å². The minimum absolute atomic E-state index is 0.265. The second-order valence-corrected chi connectivity index (χ2v) is 18.1. The summed E-state index contributed by atoms with van der Waals surface area (Å²) in [6, 6.07) is 53.0. The lowest BCUT2D eigenvalue weighted by atomic mass is 9.89. The minimum atomic E-state index is -0.265. The lowest BCUT2D eigenvalue weighted by molar-refractivity contribution is -0.0162. The highest BCUT2D eigenvalue weighted by Crippen LogP contribution is 2.48. The van der Waals surface area contributed by atoms with E-state index in [4.69, 9.17) is 18.9 Å². The van der Waals surface area contributed by atoms with Crippen molar-refractivity contribution in [1.82, 2.24) is 0 Å². The quantitative estimate of drug-likeness (QED) is 0.122. The Morgan fingerprint density at radius 3 is 1.41 bits per heavy atom. The summed E-state index contributed by atoms with van der Waals surface area (Å²) in [5.41, 5.74) is 6.58. The number of hydrogen-bond donors (Lipinski definition) is 0. The Bertz CT molecular complexity index is 3190. The van der Waals surface area contributed by atoms with Gasteiger partial charge in [0.1, 0.15) is 24.7 Å². The first kappa shape index (κ1) is 37.5. The molecule has 6 heteroatoms. The fraction of sp³-hybridized carbons (Fsp3) is 0.170. The molecule has 0 spiro atoms. The van der Waals surface area contributed by atoms with Crippen LogP contribution in [0.2, 0.25) is 0 Å². The van der Waals surface area contributed by atoms with Gasteiger partial charge in [-0.15, -0.1) is 22.7 Å². The first-order valence-corrected chi connectivity index (χ1v) is 21.8. The van der Waals surface area contributed by atoms with Crippen LogP contribution in [0.4, 0.5) is 0 Å². The maximum Gasteiger partial charge on any atom is 0.128 e. The molecule has 59 heavy (non-hydrogen) atoms. The molecule has 2 heterocycles. The number of methoxy groups -OCH3 is 1. The van der Waals surface area contributed by atoms with Gasteiger partial charge in [0.25, 0.3) is 0 Å². The molecule has 0 N–H and O–H groups in total. The Kier molecular flexibility index (Phi) is 9.82. The van der Waals surface area contributed by atoms with Crippen molar-refractivity contribution in [3.63, 3.8) is 0 Å². The first-order valence-electron chi connectivity index (χ1n) is 20.2. The van der Waals surface area contributed by atoms with Crippen LogP contribution in [0.5, 0.6) is 11.5 Å². The van der Waals surface area contributed by atoms with Gasteiger partial charge in [0, 0.05) is 58.6 Å². The third-order valence-corrected chi connectivity index (χ3v) is 13.5. The van der Waals surface area contributed by atoms with E-state index in [0.29, 0.717) is 26.4 Å². The van der Waals surface area contributed by atoms with Gasteiger partial charge in [-0.3, -0.25) is 0 Å². The second-order valence-electron chi connectivity index (χ2n) is 16.0. The van der Waals surface area contributed by atoms with Crippen LogP contribution in [-0.2, 0) is 9.47 Å². The molecule has 0 aliphatic rings. The highest BCUT2D eigenvalue weighted by atomic mass is 32.1. The van der Waals surface area contributed by atoms with Gasteiger partial charge < -0.3 is 18.9 Å². The van der Waals surface area contributed by atoms with Crippen LogP contribution < -0.4 is 9.47 Å². The molecular weight excluding hydrogens is 765 g/mol. The zero-order valence-corrected chi connectivity index (χ0v) is 35.3. The molecule has 292 valence electrons. The fourth-order valence-electron chi connectivity index (χ4n) is 8.39. The van der Waals surface area contributed by atoms with Crippen LogP contribution in [0.3, 0.4) is 0 Å². The zero-order valence-electron chi connectivity index (χ0n) is 33.6. The van der Waals surface area contributed by atoms with Gasteiger partial charge in [0.05, 0.1) is 18.8 Å². The molecule has 10 aromatic rings. The van der Waals surface area contributed by atoms with Crippen molar-refractivity contribution in [2.24, 2.45) is 0 Å². The standard InChI is InChI=1S/C53H44O4S2/c1-53(2,3)57-30-29-56-46-26-22-34-32-36(40-14-10-16-44-42-12-6-8-18-48(42)59-52(40)44)20-24-38(34)50(46)49-37-23-19-35(31-33(37)21-25-45(49)55-28-27-54-4)39-13-9-15-43-41-11-5-7-17-47(41)58-51(39)43/h5-26,31-32H,27-30H2,1-4H3. The Morgan fingerprint density at radius 2 is 0.915 bits per heavy atom. The van der Waals surface area contributed by atoms with Crippen molar-refractivity contribution in [1.29, 1.82) is 0 Å². The Hall–Kier alpha value is -5.76. The first-order chi connectivity index (χ1) is 28.8. The molecule has 0 aliphatic carbocycles. The predicted molar refractivity (Wildman–Crippen MR) is 252 cm³/mol. The summed E-state index contributed by atoms with van der Waals surface area (Å²) in [5, 5.41) is 9.63. The van der Waals surface area contributed by atoms with E-state index in [9.17, 15) is 0 Å². The van der Waals surface area contributed by atoms with Crippen molar-refractivity contribution < 1.29 is 18.9 Å². The van der Waals surface area contributed by atoms with Gasteiger partial charge in [-0.25, -0.2) is 0 Å². The SMILES string of the molecule is COCCOc1ccc2cc(-c3cccc4c3sc3ccccc34)ccc2c1-c1c(OCCOC(C)(C)C)ccc2cc(-c3cccc4c3sc3ccccc34)ccc12. The third-order valence-electron chi connectivity index (χ3n) is 11.1. The number of hydrogen-bond acceptors (Lipinski definition) is 6. The molecule has 0 saturated carbocycles. The van der Waals surface area contributed by atoms with E-state index in [2.05, 4.69) is 166 Å². The van der Waals surface area contributed by atoms with Crippen LogP contribution in [-0.4, -0.2) is 39.1 Å². The third kappa shape index (κ3) is 7.00. The largest absolute Gasteiger partial charge is 0.491 e. The van der Waals surface area contributed by atoms with Crippen LogP contribution in [0.25, 0.3) is 95.3 Å². The minimum Gasteiger partial charge on any atom is -0.491 e. The molecule has 0 atom stereocenters. The number of benzene rings is 8. The lowest BCUT2D eigenvalue weighted by Crippen LogP contribution is -2.22. The number of ether oxygens (including phenoxy) is 4. The highest BCUT2D eigenvalue weighted by molar-refractivity contribution is 7.26.